The van der Waals surface area contributed by atoms with Gasteiger partial charge in [-0.2, -0.15) is 0 Å². The zero-order valence-corrected chi connectivity index (χ0v) is 29.8. The van der Waals surface area contributed by atoms with E-state index in [0.717, 1.165) is 5.56 Å². The van der Waals surface area contributed by atoms with E-state index in [-0.39, 0.29) is 58.8 Å². The van der Waals surface area contributed by atoms with E-state index in [1.165, 1.54) is 14.7 Å². The molecule has 0 radical (unpaired) electrons. The van der Waals surface area contributed by atoms with Gasteiger partial charge >= 0.3 is 23.9 Å². The summed E-state index contributed by atoms with van der Waals surface area (Å²) in [6.07, 6.45) is 1.24. The van der Waals surface area contributed by atoms with Gasteiger partial charge in [-0.15, -0.1) is 0 Å². The molecule has 18 heteroatoms. The van der Waals surface area contributed by atoms with E-state index in [4.69, 9.17) is 14.2 Å². The highest BCUT2D eigenvalue weighted by Crippen LogP contribution is 2.17. The van der Waals surface area contributed by atoms with E-state index in [9.17, 15) is 54.9 Å². The van der Waals surface area contributed by atoms with Crippen molar-refractivity contribution >= 4 is 23.9 Å². The summed E-state index contributed by atoms with van der Waals surface area (Å²) in [7, 11) is 0. The van der Waals surface area contributed by atoms with Crippen LogP contribution in [0.1, 0.15) is 25.3 Å². The van der Waals surface area contributed by atoms with E-state index >= 15 is 0 Å². The summed E-state index contributed by atoms with van der Waals surface area (Å²) in [5.74, 6) is -4.43. The fourth-order valence-electron chi connectivity index (χ4n) is 6.07. The number of aryl methyl sites for hydroxylation is 1. The second-order valence-corrected chi connectivity index (χ2v) is 12.3. The Morgan fingerprint density at radius 3 is 1.31 bits per heavy atom. The van der Waals surface area contributed by atoms with Crippen LogP contribution in [0.2, 0.25) is 0 Å². The SMILES string of the molecule is CCOCCOCCOc1ccc(CCCC(C(=O)O)N2CCN(C(CO)C(=O)O)CCN(C(CO)C(=O)O)CCN(C(CO)C(=O)O)CC2)cc1. The van der Waals surface area contributed by atoms with Gasteiger partial charge in [0.2, 0.25) is 0 Å². The lowest BCUT2D eigenvalue weighted by atomic mass is 10.0. The van der Waals surface area contributed by atoms with Crippen molar-refractivity contribution in [2.24, 2.45) is 0 Å². The molecule has 296 valence electrons. The Hall–Kier alpha value is -3.46. The monoisotopic (exact) mass is 744 g/mol. The van der Waals surface area contributed by atoms with Crippen molar-refractivity contribution < 1.29 is 69.1 Å². The maximum atomic E-state index is 12.7. The number of aliphatic hydroxyl groups excluding tert-OH is 3. The van der Waals surface area contributed by atoms with Gasteiger partial charge in [-0.3, -0.25) is 38.8 Å². The molecule has 1 aliphatic rings. The molecule has 1 aromatic carbocycles. The van der Waals surface area contributed by atoms with Crippen LogP contribution < -0.4 is 4.74 Å². The molecule has 4 atom stereocenters. The lowest BCUT2D eigenvalue weighted by molar-refractivity contribution is -0.149. The molecule has 1 aliphatic heterocycles. The molecule has 1 fully saturated rings. The molecule has 0 bridgehead atoms. The summed E-state index contributed by atoms with van der Waals surface area (Å²) >= 11 is 0. The molecule has 0 amide bonds. The fraction of sp³-hybridized carbons (Fsp3) is 0.706. The second kappa shape index (κ2) is 24.7. The van der Waals surface area contributed by atoms with E-state index < -0.39 is 67.9 Å². The van der Waals surface area contributed by atoms with Gasteiger partial charge < -0.3 is 50.0 Å². The van der Waals surface area contributed by atoms with Gasteiger partial charge in [-0.1, -0.05) is 12.1 Å². The number of aliphatic hydroxyl groups is 3. The van der Waals surface area contributed by atoms with E-state index in [0.29, 0.717) is 51.6 Å². The van der Waals surface area contributed by atoms with Crippen molar-refractivity contribution in [3.05, 3.63) is 29.8 Å². The van der Waals surface area contributed by atoms with Crippen molar-refractivity contribution in [1.29, 1.82) is 0 Å². The summed E-state index contributed by atoms with van der Waals surface area (Å²) in [5.41, 5.74) is 0.960. The van der Waals surface area contributed by atoms with Crippen LogP contribution in [-0.2, 0) is 35.1 Å². The van der Waals surface area contributed by atoms with Crippen LogP contribution in [0.15, 0.2) is 24.3 Å². The molecular weight excluding hydrogens is 688 g/mol. The third kappa shape index (κ3) is 15.3. The molecule has 1 saturated heterocycles. The number of carboxylic acid groups (broad SMARTS) is 4. The second-order valence-electron chi connectivity index (χ2n) is 12.3. The van der Waals surface area contributed by atoms with Crippen molar-refractivity contribution in [2.75, 3.05) is 105 Å². The average Bonchev–Trinajstić information content (AvgIpc) is 3.10. The molecule has 0 spiro atoms. The highest BCUT2D eigenvalue weighted by Gasteiger charge is 2.34. The van der Waals surface area contributed by atoms with Gasteiger partial charge in [0, 0.05) is 59.0 Å². The van der Waals surface area contributed by atoms with Crippen molar-refractivity contribution in [2.45, 2.75) is 50.4 Å². The number of nitrogens with zero attached hydrogens (tertiary/aromatic N) is 4. The highest BCUT2D eigenvalue weighted by atomic mass is 16.5. The molecule has 18 nitrogen and oxygen atoms in total. The normalized spacial score (nSPS) is 18.4. The Morgan fingerprint density at radius 1 is 0.577 bits per heavy atom. The molecule has 1 heterocycles. The number of hydrogen-bond donors (Lipinski definition) is 7. The number of aliphatic carboxylic acids is 4. The van der Waals surface area contributed by atoms with E-state index in [1.54, 1.807) is 4.90 Å². The Labute approximate surface area is 303 Å². The predicted octanol–water partition coefficient (Wildman–Crippen LogP) is -1.55. The first-order valence-electron chi connectivity index (χ1n) is 17.5. The number of rotatable bonds is 23. The van der Waals surface area contributed by atoms with Crippen molar-refractivity contribution in [3.63, 3.8) is 0 Å². The Morgan fingerprint density at radius 2 is 0.942 bits per heavy atom. The summed E-state index contributed by atoms with van der Waals surface area (Å²) in [6.45, 7) is 1.81. The van der Waals surface area contributed by atoms with Gasteiger partial charge in [0.05, 0.1) is 39.6 Å². The van der Waals surface area contributed by atoms with Crippen LogP contribution in [0.25, 0.3) is 0 Å². The maximum absolute atomic E-state index is 12.7. The fourth-order valence-corrected chi connectivity index (χ4v) is 6.07. The van der Waals surface area contributed by atoms with Gasteiger partial charge in [0.15, 0.2) is 0 Å². The molecule has 0 aliphatic carbocycles. The van der Waals surface area contributed by atoms with Crippen LogP contribution in [-0.4, -0.2) is 209 Å². The minimum atomic E-state index is -1.38. The van der Waals surface area contributed by atoms with Gasteiger partial charge in [0.1, 0.15) is 36.5 Å². The summed E-state index contributed by atoms with van der Waals surface area (Å²) in [6, 6.07) is 2.29. The molecule has 0 aromatic heterocycles. The first-order chi connectivity index (χ1) is 25.0. The van der Waals surface area contributed by atoms with Crippen molar-refractivity contribution in [3.8, 4) is 5.75 Å². The molecular formula is C34H56N4O14. The van der Waals surface area contributed by atoms with Crippen LogP contribution in [0, 0.1) is 0 Å². The summed E-state index contributed by atoms with van der Waals surface area (Å²) in [5, 5.41) is 69.5. The van der Waals surface area contributed by atoms with Crippen LogP contribution in [0.3, 0.4) is 0 Å². The lowest BCUT2D eigenvalue weighted by Crippen LogP contribution is -2.57. The number of benzene rings is 1. The standard InChI is InChI=1S/C34H56N4O14/c1-2-50-18-19-51-20-21-52-26-8-6-25(7-9-26)4-3-5-27(31(42)43)35-10-12-36(28(22-39)32(44)45)14-16-38(30(24-41)34(48)49)17-15-37(13-11-35)29(23-40)33(46)47/h6-9,27-30,39-41H,2-5,10-24H2,1H3,(H,42,43)(H,44,45)(H,46,47)(H,48,49). The van der Waals surface area contributed by atoms with E-state index in [2.05, 4.69) is 0 Å². The van der Waals surface area contributed by atoms with Gasteiger partial charge in [0.25, 0.3) is 0 Å². The molecule has 4 unspecified atom stereocenters. The van der Waals surface area contributed by atoms with Gasteiger partial charge in [-0.05, 0) is 43.9 Å². The minimum Gasteiger partial charge on any atom is -0.491 e. The summed E-state index contributed by atoms with van der Waals surface area (Å²) in [4.78, 5) is 54.6. The Bertz CT molecular complexity index is 1170. The quantitative estimate of drug-likeness (QED) is 0.0627. The smallest absolute Gasteiger partial charge is 0.323 e. The predicted molar refractivity (Wildman–Crippen MR) is 185 cm³/mol. The molecule has 0 saturated carbocycles. The van der Waals surface area contributed by atoms with Crippen molar-refractivity contribution in [1.82, 2.24) is 19.6 Å². The molecule has 52 heavy (non-hydrogen) atoms. The average molecular weight is 745 g/mol. The lowest BCUT2D eigenvalue weighted by Gasteiger charge is -2.39. The Kier molecular flexibility index (Phi) is 21.2. The number of ether oxygens (including phenoxy) is 3. The van der Waals surface area contributed by atoms with E-state index in [1.807, 2.05) is 31.2 Å². The Balaban J connectivity index is 2.22. The minimum absolute atomic E-state index is 0.0204. The van der Waals surface area contributed by atoms with Crippen LogP contribution >= 0.6 is 0 Å². The number of carbonyl (C=O) groups is 4. The third-order valence-corrected chi connectivity index (χ3v) is 9.06. The van der Waals surface area contributed by atoms with Crippen LogP contribution in [0.5, 0.6) is 5.75 Å². The first kappa shape index (κ1) is 44.7. The van der Waals surface area contributed by atoms with Crippen LogP contribution in [0.4, 0.5) is 0 Å². The number of carboxylic acids is 4. The number of hydrogen-bond acceptors (Lipinski definition) is 14. The molecule has 7 N–H and O–H groups in total. The third-order valence-electron chi connectivity index (χ3n) is 9.06. The highest BCUT2D eigenvalue weighted by molar-refractivity contribution is 5.75. The maximum Gasteiger partial charge on any atom is 0.323 e. The zero-order chi connectivity index (χ0) is 38.5. The topological polar surface area (TPSA) is 251 Å². The summed E-state index contributed by atoms with van der Waals surface area (Å²) < 4.78 is 16.4. The molecule has 1 aromatic rings. The van der Waals surface area contributed by atoms with Gasteiger partial charge in [-0.25, -0.2) is 0 Å². The largest absolute Gasteiger partial charge is 0.491 e. The first-order valence-corrected chi connectivity index (χ1v) is 17.5. The zero-order valence-electron chi connectivity index (χ0n) is 29.8. The molecule has 2 rings (SSSR count).